The molecule has 1 aliphatic heterocycles. The zero-order valence-electron chi connectivity index (χ0n) is 20.4. The molecule has 0 atom stereocenters. The van der Waals surface area contributed by atoms with Gasteiger partial charge >= 0.3 is 6.03 Å². The van der Waals surface area contributed by atoms with Gasteiger partial charge in [-0.15, -0.1) is 0 Å². The number of pyridine rings is 1. The minimum Gasteiger partial charge on any atom is -0.505 e. The van der Waals surface area contributed by atoms with Crippen molar-refractivity contribution in [2.75, 3.05) is 32.6 Å². The second-order valence-electron chi connectivity index (χ2n) is 9.77. The first-order valence-electron chi connectivity index (χ1n) is 12.0. The quantitative estimate of drug-likeness (QED) is 0.407. The number of carbonyl (C=O) groups is 1. The number of phenolic OH excluding ortho intramolecular Hbond substituents is 1. The van der Waals surface area contributed by atoms with Gasteiger partial charge in [0, 0.05) is 30.2 Å². The summed E-state index contributed by atoms with van der Waals surface area (Å²) in [5.74, 6) is 0.397. The van der Waals surface area contributed by atoms with Crippen molar-refractivity contribution in [3.05, 3.63) is 52.1 Å². The summed E-state index contributed by atoms with van der Waals surface area (Å²) in [6, 6.07) is 9.28. The summed E-state index contributed by atoms with van der Waals surface area (Å²) in [5.41, 5.74) is 4.49. The predicted molar refractivity (Wildman–Crippen MR) is 145 cm³/mol. The summed E-state index contributed by atoms with van der Waals surface area (Å²) >= 11 is 12.3. The highest BCUT2D eigenvalue weighted by atomic mass is 35.5. The maximum absolute atomic E-state index is 12.9. The van der Waals surface area contributed by atoms with Gasteiger partial charge in [0.05, 0.1) is 21.2 Å². The fraction of sp³-hybridized carbons (Fsp3) is 0.407. The first-order valence-corrected chi connectivity index (χ1v) is 12.8. The number of hydrogen-bond acceptors (Lipinski definition) is 4. The Hall–Kier alpha value is -2.54. The van der Waals surface area contributed by atoms with Crippen LogP contribution in [-0.4, -0.2) is 48.7 Å². The highest BCUT2D eigenvalue weighted by Crippen LogP contribution is 2.39. The van der Waals surface area contributed by atoms with Crippen LogP contribution in [0.3, 0.4) is 0 Å². The summed E-state index contributed by atoms with van der Waals surface area (Å²) in [5, 5.41) is 14.2. The van der Waals surface area contributed by atoms with Crippen LogP contribution in [0.25, 0.3) is 22.0 Å². The average Bonchev–Trinajstić information content (AvgIpc) is 2.83. The van der Waals surface area contributed by atoms with Crippen LogP contribution in [0.15, 0.2) is 36.5 Å². The number of nitrogens with one attached hydrogen (secondary N) is 1. The SMILES string of the molecule is CN(C)C.O=C1NCc2cnc3ccc(-c4cc(Cl)c(O)c(Cl)c4)cc3c2N1CC1CCCCC1. The molecule has 0 unspecified atom stereocenters. The molecule has 2 heterocycles. The van der Waals surface area contributed by atoms with E-state index in [0.717, 1.165) is 52.7 Å². The second kappa shape index (κ2) is 11.0. The maximum atomic E-state index is 12.9. The average molecular weight is 515 g/mol. The Kier molecular flexibility index (Phi) is 8.05. The lowest BCUT2D eigenvalue weighted by Crippen LogP contribution is -2.46. The number of aromatic hydroxyl groups is 1. The number of nitrogens with zero attached hydrogens (tertiary/aromatic N) is 3. The van der Waals surface area contributed by atoms with Crippen LogP contribution in [0.2, 0.25) is 10.0 Å². The summed E-state index contributed by atoms with van der Waals surface area (Å²) in [7, 11) is 6.00. The third-order valence-corrected chi connectivity index (χ3v) is 6.95. The monoisotopic (exact) mass is 514 g/mol. The molecule has 2 N–H and O–H groups in total. The number of halogens is 2. The Balaban J connectivity index is 0.000000672. The lowest BCUT2D eigenvalue weighted by Gasteiger charge is -2.34. The molecule has 2 aliphatic rings. The summed E-state index contributed by atoms with van der Waals surface area (Å²) < 4.78 is 0. The first-order chi connectivity index (χ1) is 16.7. The smallest absolute Gasteiger partial charge is 0.322 e. The molecule has 2 amide bonds. The number of rotatable bonds is 3. The van der Waals surface area contributed by atoms with Crippen LogP contribution in [0, 0.1) is 5.92 Å². The number of amides is 2. The highest BCUT2D eigenvalue weighted by Gasteiger charge is 2.29. The number of hydrogen-bond donors (Lipinski definition) is 2. The zero-order chi connectivity index (χ0) is 25.1. The second-order valence-corrected chi connectivity index (χ2v) is 10.6. The van der Waals surface area contributed by atoms with E-state index in [1.807, 2.05) is 55.3 Å². The van der Waals surface area contributed by atoms with Crippen LogP contribution in [0.5, 0.6) is 5.75 Å². The van der Waals surface area contributed by atoms with Crippen LogP contribution in [0.4, 0.5) is 10.5 Å². The van der Waals surface area contributed by atoms with E-state index >= 15 is 0 Å². The molecular weight excluding hydrogens is 483 g/mol. The number of anilines is 1. The minimum atomic E-state index is -0.123. The first kappa shape index (κ1) is 25.5. The van der Waals surface area contributed by atoms with Gasteiger partial charge < -0.3 is 15.3 Å². The molecule has 1 aromatic heterocycles. The molecule has 0 radical (unpaired) electrons. The predicted octanol–water partition coefficient (Wildman–Crippen LogP) is 6.70. The maximum Gasteiger partial charge on any atom is 0.322 e. The van der Waals surface area contributed by atoms with E-state index in [4.69, 9.17) is 23.2 Å². The van der Waals surface area contributed by atoms with Crippen molar-refractivity contribution in [3.63, 3.8) is 0 Å². The normalized spacial score (nSPS) is 16.1. The molecule has 6 nitrogen and oxygen atoms in total. The third kappa shape index (κ3) is 5.83. The minimum absolute atomic E-state index is 0.0494. The van der Waals surface area contributed by atoms with Gasteiger partial charge in [-0.25, -0.2) is 4.79 Å². The van der Waals surface area contributed by atoms with E-state index in [1.54, 1.807) is 12.1 Å². The topological polar surface area (TPSA) is 68.7 Å². The number of phenols is 1. The molecule has 186 valence electrons. The molecule has 35 heavy (non-hydrogen) atoms. The van der Waals surface area contributed by atoms with E-state index in [9.17, 15) is 9.90 Å². The molecule has 1 saturated carbocycles. The Morgan fingerprint density at radius 1 is 1.06 bits per heavy atom. The van der Waals surface area contributed by atoms with E-state index in [2.05, 4.69) is 10.3 Å². The van der Waals surface area contributed by atoms with Gasteiger partial charge in [-0.2, -0.15) is 0 Å². The zero-order valence-corrected chi connectivity index (χ0v) is 22.0. The molecule has 3 aromatic rings. The number of urea groups is 1. The molecule has 0 spiro atoms. The van der Waals surface area contributed by atoms with Gasteiger partial charge in [-0.3, -0.25) is 9.88 Å². The summed E-state index contributed by atoms with van der Waals surface area (Å²) in [6.07, 6.45) is 7.94. The van der Waals surface area contributed by atoms with Gasteiger partial charge in [0.25, 0.3) is 0 Å². The van der Waals surface area contributed by atoms with Crippen molar-refractivity contribution in [1.29, 1.82) is 0 Å². The van der Waals surface area contributed by atoms with E-state index in [0.29, 0.717) is 12.5 Å². The molecular formula is C27H32Cl2N4O2. The lowest BCUT2D eigenvalue weighted by molar-refractivity contribution is 0.241. The van der Waals surface area contributed by atoms with Crippen molar-refractivity contribution < 1.29 is 9.90 Å². The number of benzene rings is 2. The van der Waals surface area contributed by atoms with Crippen molar-refractivity contribution in [2.45, 2.75) is 38.6 Å². The van der Waals surface area contributed by atoms with Gasteiger partial charge in [0.15, 0.2) is 5.75 Å². The number of fused-ring (bicyclic) bond motifs is 3. The largest absolute Gasteiger partial charge is 0.505 e. The van der Waals surface area contributed by atoms with Gasteiger partial charge in [0.1, 0.15) is 0 Å². The standard InChI is InChI=1S/C24H23Cl2N3O2.C3H9N/c25-19-9-16(10-20(26)23(19)30)15-6-7-21-18(8-15)22-17(11-27-21)12-28-24(31)29(22)13-14-4-2-1-3-5-14;1-4(2)3/h6-11,14,30H,1-5,12-13H2,(H,28,31);1-3H3. The van der Waals surface area contributed by atoms with E-state index < -0.39 is 0 Å². The summed E-state index contributed by atoms with van der Waals surface area (Å²) in [4.78, 5) is 21.4. The van der Waals surface area contributed by atoms with Gasteiger partial charge in [-0.1, -0.05) is 48.5 Å². The molecule has 0 bridgehead atoms. The van der Waals surface area contributed by atoms with Crippen LogP contribution < -0.4 is 10.2 Å². The van der Waals surface area contributed by atoms with Crippen molar-refractivity contribution in [3.8, 4) is 16.9 Å². The van der Waals surface area contributed by atoms with Gasteiger partial charge in [-0.05, 0) is 75.3 Å². The third-order valence-electron chi connectivity index (χ3n) is 6.38. The highest BCUT2D eigenvalue weighted by molar-refractivity contribution is 6.37. The fourth-order valence-corrected chi connectivity index (χ4v) is 5.24. The molecule has 0 saturated heterocycles. The van der Waals surface area contributed by atoms with Crippen LogP contribution in [0.1, 0.15) is 37.7 Å². The molecule has 1 fully saturated rings. The van der Waals surface area contributed by atoms with Crippen LogP contribution >= 0.6 is 23.2 Å². The lowest BCUT2D eigenvalue weighted by atomic mass is 9.88. The Morgan fingerprint density at radius 3 is 2.37 bits per heavy atom. The number of carbonyl (C=O) groups excluding carboxylic acids is 1. The Labute approximate surface area is 216 Å². The van der Waals surface area contributed by atoms with Crippen molar-refractivity contribution in [2.24, 2.45) is 5.92 Å². The van der Waals surface area contributed by atoms with E-state index in [1.165, 1.54) is 19.3 Å². The number of aromatic nitrogens is 1. The van der Waals surface area contributed by atoms with Crippen LogP contribution in [-0.2, 0) is 6.54 Å². The summed E-state index contributed by atoms with van der Waals surface area (Å²) in [6.45, 7) is 1.19. The van der Waals surface area contributed by atoms with Crippen molar-refractivity contribution in [1.82, 2.24) is 15.2 Å². The molecule has 5 rings (SSSR count). The molecule has 1 aliphatic carbocycles. The fourth-order valence-electron chi connectivity index (χ4n) is 4.75. The Bertz CT molecular complexity index is 1200. The Morgan fingerprint density at radius 2 is 1.71 bits per heavy atom. The van der Waals surface area contributed by atoms with Gasteiger partial charge in [0.2, 0.25) is 0 Å². The molecule has 8 heteroatoms. The van der Waals surface area contributed by atoms with E-state index in [-0.39, 0.29) is 21.8 Å². The molecule has 2 aromatic carbocycles. The van der Waals surface area contributed by atoms with Crippen molar-refractivity contribution >= 4 is 45.8 Å².